The lowest BCUT2D eigenvalue weighted by Crippen LogP contribution is -2.52. The van der Waals surface area contributed by atoms with E-state index in [1.165, 1.54) is 10.4 Å². The first-order chi connectivity index (χ1) is 10.6. The quantitative estimate of drug-likeness (QED) is 0.891. The Labute approximate surface area is 129 Å². The van der Waals surface area contributed by atoms with E-state index in [0.717, 1.165) is 25.2 Å². The van der Waals surface area contributed by atoms with Crippen LogP contribution in [0.25, 0.3) is 11.4 Å². The second kappa shape index (κ2) is 6.23. The summed E-state index contributed by atoms with van der Waals surface area (Å²) in [5.74, 6) is 0.572. The molecule has 1 N–H and O–H groups in total. The minimum Gasteiger partial charge on any atom is -0.338 e. The van der Waals surface area contributed by atoms with Gasteiger partial charge in [0.15, 0.2) is 0 Å². The molecule has 2 aromatic rings. The summed E-state index contributed by atoms with van der Waals surface area (Å²) < 4.78 is 0. The first kappa shape index (κ1) is 14.6. The number of benzene rings is 1. The number of aryl methyl sites for hydroxylation is 1. The predicted molar refractivity (Wildman–Crippen MR) is 82.0 cm³/mol. The van der Waals surface area contributed by atoms with Crippen molar-refractivity contribution in [2.24, 2.45) is 0 Å². The smallest absolute Gasteiger partial charge is 0.246 e. The van der Waals surface area contributed by atoms with Gasteiger partial charge in [-0.1, -0.05) is 29.8 Å². The highest BCUT2D eigenvalue weighted by Gasteiger charge is 2.21. The Morgan fingerprint density at radius 3 is 2.86 bits per heavy atom. The number of piperazine rings is 1. The Morgan fingerprint density at radius 1 is 1.36 bits per heavy atom. The van der Waals surface area contributed by atoms with Crippen molar-refractivity contribution in [3.63, 3.8) is 0 Å². The van der Waals surface area contributed by atoms with Crippen LogP contribution < -0.4 is 5.32 Å². The Bertz CT molecular complexity index is 650. The molecule has 22 heavy (non-hydrogen) atoms. The Hall–Kier alpha value is -2.28. The topological polar surface area (TPSA) is 75.9 Å². The van der Waals surface area contributed by atoms with Crippen LogP contribution in [0.2, 0.25) is 0 Å². The Balaban J connectivity index is 1.66. The lowest BCUT2D eigenvalue weighted by molar-refractivity contribution is -0.133. The molecule has 0 spiro atoms. The van der Waals surface area contributed by atoms with Crippen molar-refractivity contribution in [1.29, 1.82) is 0 Å². The summed E-state index contributed by atoms with van der Waals surface area (Å²) in [5, 5.41) is 15.6. The first-order valence-electron chi connectivity index (χ1n) is 7.48. The van der Waals surface area contributed by atoms with Crippen LogP contribution in [0.4, 0.5) is 0 Å². The molecular weight excluding hydrogens is 280 g/mol. The molecular formula is C15H20N6O. The van der Waals surface area contributed by atoms with E-state index in [0.29, 0.717) is 11.9 Å². The van der Waals surface area contributed by atoms with Crippen molar-refractivity contribution < 1.29 is 4.79 Å². The molecule has 1 aromatic heterocycles. The maximum atomic E-state index is 12.3. The molecule has 0 aliphatic carbocycles. The minimum absolute atomic E-state index is 0.0289. The van der Waals surface area contributed by atoms with Gasteiger partial charge in [-0.15, -0.1) is 10.2 Å². The monoisotopic (exact) mass is 300 g/mol. The van der Waals surface area contributed by atoms with Gasteiger partial charge < -0.3 is 10.2 Å². The predicted octanol–water partition coefficient (Wildman–Crippen LogP) is 0.469. The standard InChI is InChI=1S/C15H20N6O/c1-11-3-5-13(6-4-11)15-17-19-21(18-15)10-14(22)20-8-7-16-12(2)9-20/h3-6,12,16H,7-10H2,1-2H3. The zero-order valence-corrected chi connectivity index (χ0v) is 12.9. The molecule has 2 heterocycles. The zero-order chi connectivity index (χ0) is 15.5. The molecule has 1 unspecified atom stereocenters. The molecule has 1 fully saturated rings. The Kier molecular flexibility index (Phi) is 4.15. The SMILES string of the molecule is Cc1ccc(-c2nnn(CC(=O)N3CCNC(C)C3)n2)cc1. The number of hydrogen-bond acceptors (Lipinski definition) is 5. The third kappa shape index (κ3) is 3.30. The largest absolute Gasteiger partial charge is 0.338 e. The molecule has 1 aliphatic heterocycles. The van der Waals surface area contributed by atoms with Crippen molar-refractivity contribution in [1.82, 2.24) is 30.4 Å². The maximum absolute atomic E-state index is 12.3. The zero-order valence-electron chi connectivity index (χ0n) is 12.9. The van der Waals surface area contributed by atoms with Crippen LogP contribution in [0.1, 0.15) is 12.5 Å². The fraction of sp³-hybridized carbons (Fsp3) is 0.467. The normalized spacial score (nSPS) is 18.5. The van der Waals surface area contributed by atoms with Gasteiger partial charge in [0.1, 0.15) is 6.54 Å². The van der Waals surface area contributed by atoms with E-state index in [2.05, 4.69) is 27.7 Å². The van der Waals surface area contributed by atoms with Crippen molar-refractivity contribution >= 4 is 5.91 Å². The number of nitrogens with one attached hydrogen (secondary N) is 1. The molecule has 7 heteroatoms. The second-order valence-corrected chi connectivity index (χ2v) is 5.70. The minimum atomic E-state index is 0.0289. The van der Waals surface area contributed by atoms with Gasteiger partial charge in [-0.2, -0.15) is 4.80 Å². The third-order valence-corrected chi connectivity index (χ3v) is 3.76. The van der Waals surface area contributed by atoms with E-state index >= 15 is 0 Å². The summed E-state index contributed by atoms with van der Waals surface area (Å²) in [5.41, 5.74) is 2.08. The highest BCUT2D eigenvalue weighted by molar-refractivity contribution is 5.76. The summed E-state index contributed by atoms with van der Waals surface area (Å²) in [6.45, 7) is 6.50. The van der Waals surface area contributed by atoms with Crippen LogP contribution in [0.5, 0.6) is 0 Å². The average molecular weight is 300 g/mol. The fourth-order valence-electron chi connectivity index (χ4n) is 2.51. The molecule has 7 nitrogen and oxygen atoms in total. The summed E-state index contributed by atoms with van der Waals surface area (Å²) in [6, 6.07) is 8.24. The molecule has 116 valence electrons. The number of aromatic nitrogens is 4. The van der Waals surface area contributed by atoms with Gasteiger partial charge in [-0.25, -0.2) is 0 Å². The number of nitrogens with zero attached hydrogens (tertiary/aromatic N) is 5. The lowest BCUT2D eigenvalue weighted by Gasteiger charge is -2.31. The summed E-state index contributed by atoms with van der Waals surface area (Å²) >= 11 is 0. The molecule has 1 saturated heterocycles. The van der Waals surface area contributed by atoms with Crippen LogP contribution in [0.15, 0.2) is 24.3 Å². The lowest BCUT2D eigenvalue weighted by atomic mass is 10.1. The van der Waals surface area contributed by atoms with E-state index < -0.39 is 0 Å². The number of carbonyl (C=O) groups is 1. The van der Waals surface area contributed by atoms with Gasteiger partial charge in [-0.3, -0.25) is 4.79 Å². The summed E-state index contributed by atoms with van der Waals surface area (Å²) in [7, 11) is 0. The van der Waals surface area contributed by atoms with E-state index in [4.69, 9.17) is 0 Å². The van der Waals surface area contributed by atoms with Crippen molar-refractivity contribution in [3.05, 3.63) is 29.8 Å². The molecule has 3 rings (SSSR count). The second-order valence-electron chi connectivity index (χ2n) is 5.70. The van der Waals surface area contributed by atoms with Crippen LogP contribution in [-0.2, 0) is 11.3 Å². The van der Waals surface area contributed by atoms with E-state index in [-0.39, 0.29) is 12.5 Å². The maximum Gasteiger partial charge on any atom is 0.246 e. The van der Waals surface area contributed by atoms with Gasteiger partial charge in [0, 0.05) is 31.2 Å². The highest BCUT2D eigenvalue weighted by atomic mass is 16.2. The molecule has 0 saturated carbocycles. The van der Waals surface area contributed by atoms with Gasteiger partial charge >= 0.3 is 0 Å². The number of rotatable bonds is 3. The van der Waals surface area contributed by atoms with Crippen LogP contribution in [0.3, 0.4) is 0 Å². The van der Waals surface area contributed by atoms with Gasteiger partial charge in [0.25, 0.3) is 0 Å². The van der Waals surface area contributed by atoms with Gasteiger partial charge in [0.05, 0.1) is 0 Å². The van der Waals surface area contributed by atoms with Crippen LogP contribution in [-0.4, -0.2) is 56.7 Å². The number of carbonyl (C=O) groups excluding carboxylic acids is 1. The number of amides is 1. The third-order valence-electron chi connectivity index (χ3n) is 3.76. The molecule has 1 aliphatic rings. The van der Waals surface area contributed by atoms with Crippen molar-refractivity contribution in [2.75, 3.05) is 19.6 Å². The average Bonchev–Trinajstić information content (AvgIpc) is 2.96. The summed E-state index contributed by atoms with van der Waals surface area (Å²) in [6.07, 6.45) is 0. The van der Waals surface area contributed by atoms with E-state index in [1.807, 2.05) is 36.1 Å². The fourth-order valence-corrected chi connectivity index (χ4v) is 2.51. The summed E-state index contributed by atoms with van der Waals surface area (Å²) in [4.78, 5) is 15.5. The molecule has 0 radical (unpaired) electrons. The van der Waals surface area contributed by atoms with Gasteiger partial charge in [-0.05, 0) is 19.1 Å². The highest BCUT2D eigenvalue weighted by Crippen LogP contribution is 2.14. The Morgan fingerprint density at radius 2 is 2.14 bits per heavy atom. The number of hydrogen-bond donors (Lipinski definition) is 1. The van der Waals surface area contributed by atoms with Gasteiger partial charge in [0.2, 0.25) is 11.7 Å². The van der Waals surface area contributed by atoms with Crippen molar-refractivity contribution in [2.45, 2.75) is 26.4 Å². The van der Waals surface area contributed by atoms with Crippen LogP contribution >= 0.6 is 0 Å². The molecule has 1 amide bonds. The van der Waals surface area contributed by atoms with Crippen LogP contribution in [0, 0.1) is 6.92 Å². The number of tetrazole rings is 1. The molecule has 1 aromatic carbocycles. The molecule has 1 atom stereocenters. The van der Waals surface area contributed by atoms with E-state index in [1.54, 1.807) is 0 Å². The van der Waals surface area contributed by atoms with E-state index in [9.17, 15) is 4.79 Å². The van der Waals surface area contributed by atoms with Crippen molar-refractivity contribution in [3.8, 4) is 11.4 Å². The molecule has 0 bridgehead atoms. The first-order valence-corrected chi connectivity index (χ1v) is 7.48.